The summed E-state index contributed by atoms with van der Waals surface area (Å²) < 4.78 is 5.37. The molecule has 0 aromatic heterocycles. The predicted octanol–water partition coefficient (Wildman–Crippen LogP) is 3.84. The van der Waals surface area contributed by atoms with E-state index in [0.29, 0.717) is 6.54 Å². The number of aromatic hydroxyl groups is 1. The van der Waals surface area contributed by atoms with Gasteiger partial charge in [0.25, 0.3) is 0 Å². The molecule has 0 bridgehead atoms. The molecule has 9 heteroatoms. The van der Waals surface area contributed by atoms with Gasteiger partial charge in [-0.25, -0.2) is 4.79 Å². The molecule has 37 heavy (non-hydrogen) atoms. The third-order valence-corrected chi connectivity index (χ3v) is 5.42. The van der Waals surface area contributed by atoms with Crippen molar-refractivity contribution in [1.82, 2.24) is 15.5 Å². The minimum absolute atomic E-state index is 0.103. The van der Waals surface area contributed by atoms with Gasteiger partial charge >= 0.3 is 6.09 Å². The summed E-state index contributed by atoms with van der Waals surface area (Å²) in [5, 5.41) is 25.6. The van der Waals surface area contributed by atoms with Crippen LogP contribution < -0.4 is 10.6 Å². The first-order chi connectivity index (χ1) is 17.6. The Morgan fingerprint density at radius 3 is 2.32 bits per heavy atom. The number of nitrogens with zero attached hydrogens (tertiary/aromatic N) is 2. The zero-order valence-electron chi connectivity index (χ0n) is 21.9. The van der Waals surface area contributed by atoms with Crippen molar-refractivity contribution in [2.75, 3.05) is 13.1 Å². The molecule has 0 aliphatic carbocycles. The Morgan fingerprint density at radius 2 is 1.73 bits per heavy atom. The highest BCUT2D eigenvalue weighted by Gasteiger charge is 2.37. The minimum atomic E-state index is -1.29. The molecule has 0 aliphatic heterocycles. The van der Waals surface area contributed by atoms with E-state index in [-0.39, 0.29) is 17.7 Å². The number of rotatable bonds is 11. The lowest BCUT2D eigenvalue weighted by Gasteiger charge is -2.33. The Hall–Kier alpha value is -4.06. The number of nitrogens with one attached hydrogen (secondary N) is 2. The standard InChI is InChI=1S/C28H36N4O5/c1-5-6-17-30-25(34)24(21-14-10-11-15-23(21)33)32(18-16-29)26(35)22(19-20-12-8-7-9-13-20)31-27(36)37-28(2,3)4/h7-15,22,24,33H,5-6,17-19H2,1-4H3,(H,30,34)(H,31,36). The lowest BCUT2D eigenvalue weighted by Crippen LogP contribution is -2.54. The van der Waals surface area contributed by atoms with Crippen LogP contribution in [0.15, 0.2) is 54.6 Å². The number of unbranched alkanes of at least 4 members (excludes halogenated alkanes) is 1. The number of phenolic OH excluding ortho intramolecular Hbond substituents is 1. The van der Waals surface area contributed by atoms with Gasteiger partial charge in [0.2, 0.25) is 11.8 Å². The summed E-state index contributed by atoms with van der Waals surface area (Å²) >= 11 is 0. The Kier molecular flexibility index (Phi) is 10.9. The SMILES string of the molecule is CCCCNC(=O)C(c1ccccc1O)N(CC#N)C(=O)C(Cc1ccccc1)NC(=O)OC(C)(C)C. The van der Waals surface area contributed by atoms with Crippen molar-refractivity contribution in [2.45, 2.75) is 64.6 Å². The van der Waals surface area contributed by atoms with Crippen molar-refractivity contribution in [3.63, 3.8) is 0 Å². The van der Waals surface area contributed by atoms with E-state index in [4.69, 9.17) is 4.74 Å². The van der Waals surface area contributed by atoms with E-state index < -0.39 is 42.1 Å². The smallest absolute Gasteiger partial charge is 0.408 e. The van der Waals surface area contributed by atoms with Gasteiger partial charge in [-0.2, -0.15) is 5.26 Å². The molecule has 0 aliphatic rings. The van der Waals surface area contributed by atoms with Crippen molar-refractivity contribution >= 4 is 17.9 Å². The molecular formula is C28H36N4O5. The summed E-state index contributed by atoms with van der Waals surface area (Å²) in [6.45, 7) is 7.03. The first-order valence-corrected chi connectivity index (χ1v) is 12.3. The molecule has 3 N–H and O–H groups in total. The highest BCUT2D eigenvalue weighted by atomic mass is 16.6. The van der Waals surface area contributed by atoms with E-state index in [0.717, 1.165) is 23.3 Å². The molecule has 0 saturated heterocycles. The number of phenols is 1. The number of ether oxygens (including phenoxy) is 1. The zero-order valence-corrected chi connectivity index (χ0v) is 21.9. The van der Waals surface area contributed by atoms with Crippen LogP contribution in [0.3, 0.4) is 0 Å². The van der Waals surface area contributed by atoms with Gasteiger partial charge in [-0.1, -0.05) is 61.9 Å². The third-order valence-electron chi connectivity index (χ3n) is 5.42. The van der Waals surface area contributed by atoms with Gasteiger partial charge in [-0.15, -0.1) is 0 Å². The summed E-state index contributed by atoms with van der Waals surface area (Å²) in [4.78, 5) is 41.0. The van der Waals surface area contributed by atoms with Crippen molar-refractivity contribution in [3.8, 4) is 11.8 Å². The van der Waals surface area contributed by atoms with Crippen molar-refractivity contribution < 1.29 is 24.2 Å². The normalized spacial score (nSPS) is 12.5. The van der Waals surface area contributed by atoms with Crippen LogP contribution in [0.5, 0.6) is 5.75 Å². The predicted molar refractivity (Wildman–Crippen MR) is 139 cm³/mol. The number of para-hydroxylation sites is 1. The number of amides is 3. The quantitative estimate of drug-likeness (QED) is 0.312. The van der Waals surface area contributed by atoms with Gasteiger partial charge in [-0.3, -0.25) is 9.59 Å². The number of nitriles is 1. The highest BCUT2D eigenvalue weighted by molar-refractivity contribution is 5.92. The number of alkyl carbamates (subject to hydrolysis) is 1. The van der Waals surface area contributed by atoms with Gasteiger partial charge in [-0.05, 0) is 38.8 Å². The molecule has 198 valence electrons. The molecule has 2 aromatic carbocycles. The Bertz CT molecular complexity index is 1090. The topological polar surface area (TPSA) is 132 Å². The molecule has 0 spiro atoms. The highest BCUT2D eigenvalue weighted by Crippen LogP contribution is 2.29. The van der Waals surface area contributed by atoms with Gasteiger partial charge in [0, 0.05) is 18.5 Å². The Balaban J connectivity index is 2.49. The Labute approximate surface area is 218 Å². The first kappa shape index (κ1) is 29.2. The van der Waals surface area contributed by atoms with Crippen LogP contribution in [0.25, 0.3) is 0 Å². The molecule has 2 aromatic rings. The molecule has 0 fully saturated rings. The lowest BCUT2D eigenvalue weighted by molar-refractivity contribution is -0.141. The average Bonchev–Trinajstić information content (AvgIpc) is 2.83. The monoisotopic (exact) mass is 508 g/mol. The largest absolute Gasteiger partial charge is 0.508 e. The van der Waals surface area contributed by atoms with E-state index in [9.17, 15) is 24.8 Å². The molecule has 0 heterocycles. The van der Waals surface area contributed by atoms with E-state index in [1.54, 1.807) is 32.9 Å². The summed E-state index contributed by atoms with van der Waals surface area (Å²) in [5.41, 5.74) is 0.144. The molecule has 3 amide bonds. The average molecular weight is 509 g/mol. The minimum Gasteiger partial charge on any atom is -0.508 e. The fourth-order valence-electron chi connectivity index (χ4n) is 3.73. The second-order valence-electron chi connectivity index (χ2n) is 9.62. The number of hydrogen-bond donors (Lipinski definition) is 3. The van der Waals surface area contributed by atoms with E-state index in [1.165, 1.54) is 12.1 Å². The molecule has 0 saturated carbocycles. The van der Waals surface area contributed by atoms with Crippen LogP contribution in [0.2, 0.25) is 0 Å². The van der Waals surface area contributed by atoms with Crippen LogP contribution >= 0.6 is 0 Å². The maximum atomic E-state index is 13.9. The van der Waals surface area contributed by atoms with Crippen molar-refractivity contribution in [2.24, 2.45) is 0 Å². The van der Waals surface area contributed by atoms with Gasteiger partial charge in [0.1, 0.15) is 30.0 Å². The first-order valence-electron chi connectivity index (χ1n) is 12.3. The number of carbonyl (C=O) groups excluding carboxylic acids is 3. The van der Waals surface area contributed by atoms with Crippen LogP contribution in [0.4, 0.5) is 4.79 Å². The lowest BCUT2D eigenvalue weighted by atomic mass is 9.99. The van der Waals surface area contributed by atoms with Crippen LogP contribution in [0.1, 0.15) is 57.7 Å². The van der Waals surface area contributed by atoms with Crippen LogP contribution in [-0.4, -0.2) is 52.6 Å². The fraction of sp³-hybridized carbons (Fsp3) is 0.429. The maximum Gasteiger partial charge on any atom is 0.408 e. The number of benzene rings is 2. The summed E-state index contributed by atoms with van der Waals surface area (Å²) in [6, 6.07) is 14.8. The molecule has 2 rings (SSSR count). The molecule has 2 unspecified atom stereocenters. The van der Waals surface area contributed by atoms with E-state index >= 15 is 0 Å². The van der Waals surface area contributed by atoms with Crippen LogP contribution in [-0.2, 0) is 20.7 Å². The summed E-state index contributed by atoms with van der Waals surface area (Å²) in [7, 11) is 0. The van der Waals surface area contributed by atoms with Crippen LogP contribution in [0, 0.1) is 11.3 Å². The molecule has 2 atom stereocenters. The maximum absolute atomic E-state index is 13.9. The van der Waals surface area contributed by atoms with Crippen molar-refractivity contribution in [3.05, 3.63) is 65.7 Å². The number of carbonyl (C=O) groups is 3. The second kappa shape index (κ2) is 13.9. The fourth-order valence-corrected chi connectivity index (χ4v) is 3.73. The van der Waals surface area contributed by atoms with Crippen molar-refractivity contribution in [1.29, 1.82) is 5.26 Å². The summed E-state index contributed by atoms with van der Waals surface area (Å²) in [5.74, 6) is -1.38. The van der Waals surface area contributed by atoms with Gasteiger partial charge in [0.15, 0.2) is 0 Å². The van der Waals surface area contributed by atoms with Gasteiger partial charge in [0.05, 0.1) is 6.07 Å². The van der Waals surface area contributed by atoms with Gasteiger partial charge < -0.3 is 25.4 Å². The summed E-state index contributed by atoms with van der Waals surface area (Å²) in [6.07, 6.45) is 0.875. The second-order valence-corrected chi connectivity index (χ2v) is 9.62. The van der Waals surface area contributed by atoms with E-state index in [1.807, 2.05) is 43.3 Å². The zero-order chi connectivity index (χ0) is 27.4. The molecular weight excluding hydrogens is 472 g/mol. The molecule has 0 radical (unpaired) electrons. The van der Waals surface area contributed by atoms with E-state index in [2.05, 4.69) is 10.6 Å². The Morgan fingerprint density at radius 1 is 1.08 bits per heavy atom. The molecule has 9 nitrogen and oxygen atoms in total. The third kappa shape index (κ3) is 9.15. The number of hydrogen-bond acceptors (Lipinski definition) is 6.